The van der Waals surface area contributed by atoms with E-state index in [1.165, 1.54) is 44.3 Å². The van der Waals surface area contributed by atoms with E-state index < -0.39 is 0 Å². The fraction of sp³-hybridized carbons (Fsp3) is 0.824. The van der Waals surface area contributed by atoms with Crippen LogP contribution in [0.3, 0.4) is 0 Å². The number of hydrogen-bond donors (Lipinski definition) is 1. The monoisotopic (exact) mass is 292 g/mol. The van der Waals surface area contributed by atoms with Crippen molar-refractivity contribution in [3.63, 3.8) is 0 Å². The molecule has 1 N–H and O–H groups in total. The molecule has 120 valence electrons. The van der Waals surface area contributed by atoms with Crippen molar-refractivity contribution in [1.29, 1.82) is 0 Å². The summed E-state index contributed by atoms with van der Waals surface area (Å²) in [5, 5.41) is 8.08. The van der Waals surface area contributed by atoms with Gasteiger partial charge in [-0.25, -0.2) is 0 Å². The molecular formula is C17H32N4. The van der Waals surface area contributed by atoms with Crippen LogP contribution in [0.4, 0.5) is 0 Å². The lowest BCUT2D eigenvalue weighted by atomic mass is 9.82. The fourth-order valence-corrected chi connectivity index (χ4v) is 3.67. The number of likely N-dealkylation sites (tertiary alicyclic amines) is 1. The zero-order chi connectivity index (χ0) is 15.3. The van der Waals surface area contributed by atoms with E-state index in [0.717, 1.165) is 13.0 Å². The molecule has 0 saturated carbocycles. The number of hydrogen-bond acceptors (Lipinski definition) is 3. The Balaban J connectivity index is 2.15. The Morgan fingerprint density at radius 1 is 1.29 bits per heavy atom. The second kappa shape index (κ2) is 7.41. The summed E-state index contributed by atoms with van der Waals surface area (Å²) in [5.41, 5.74) is 1.56. The van der Waals surface area contributed by atoms with Gasteiger partial charge in [-0.2, -0.15) is 5.10 Å². The average molecular weight is 292 g/mol. The van der Waals surface area contributed by atoms with E-state index in [4.69, 9.17) is 0 Å². The summed E-state index contributed by atoms with van der Waals surface area (Å²) < 4.78 is 1.91. The maximum absolute atomic E-state index is 4.33. The Kier molecular flexibility index (Phi) is 5.82. The van der Waals surface area contributed by atoms with Crippen molar-refractivity contribution in [2.24, 2.45) is 7.05 Å². The maximum Gasteiger partial charge on any atom is 0.0522 e. The van der Waals surface area contributed by atoms with Gasteiger partial charge in [-0.3, -0.25) is 9.58 Å². The first-order valence-corrected chi connectivity index (χ1v) is 8.56. The van der Waals surface area contributed by atoms with Crippen LogP contribution in [0, 0.1) is 0 Å². The number of rotatable bonds is 7. The van der Waals surface area contributed by atoms with Gasteiger partial charge in [-0.15, -0.1) is 0 Å². The van der Waals surface area contributed by atoms with Crippen LogP contribution in [0.2, 0.25) is 0 Å². The van der Waals surface area contributed by atoms with Crippen molar-refractivity contribution < 1.29 is 0 Å². The van der Waals surface area contributed by atoms with Crippen molar-refractivity contribution in [2.45, 2.75) is 64.5 Å². The van der Waals surface area contributed by atoms with Gasteiger partial charge in [-0.05, 0) is 57.8 Å². The molecule has 1 fully saturated rings. The van der Waals surface area contributed by atoms with E-state index >= 15 is 0 Å². The van der Waals surface area contributed by atoms with E-state index in [1.54, 1.807) is 0 Å². The molecule has 21 heavy (non-hydrogen) atoms. The van der Waals surface area contributed by atoms with Crippen LogP contribution in [0.5, 0.6) is 0 Å². The Morgan fingerprint density at radius 2 is 2.00 bits per heavy atom. The van der Waals surface area contributed by atoms with E-state index in [9.17, 15) is 0 Å². The topological polar surface area (TPSA) is 33.1 Å². The standard InChI is InChI=1S/C17H32N4/c1-5-17(3,21-10-8-7-9-11-21)16(18-6-2)12-15-13-19-20(4)14-15/h13-14,16,18H,5-12H2,1-4H3. The molecule has 0 aliphatic carbocycles. The smallest absolute Gasteiger partial charge is 0.0522 e. The first-order valence-electron chi connectivity index (χ1n) is 8.56. The summed E-state index contributed by atoms with van der Waals surface area (Å²) in [6.45, 7) is 10.5. The van der Waals surface area contributed by atoms with E-state index in [2.05, 4.69) is 42.3 Å². The van der Waals surface area contributed by atoms with Gasteiger partial charge in [0, 0.05) is 24.8 Å². The first kappa shape index (κ1) is 16.5. The minimum Gasteiger partial charge on any atom is -0.312 e. The van der Waals surface area contributed by atoms with Gasteiger partial charge in [0.1, 0.15) is 0 Å². The van der Waals surface area contributed by atoms with Gasteiger partial charge in [0.05, 0.1) is 6.20 Å². The summed E-state index contributed by atoms with van der Waals surface area (Å²) in [6.07, 6.45) is 10.5. The highest BCUT2D eigenvalue weighted by molar-refractivity contribution is 5.10. The number of nitrogens with zero attached hydrogens (tertiary/aromatic N) is 3. The maximum atomic E-state index is 4.33. The van der Waals surface area contributed by atoms with Crippen molar-refractivity contribution in [1.82, 2.24) is 20.0 Å². The molecule has 1 saturated heterocycles. The highest BCUT2D eigenvalue weighted by Gasteiger charge is 2.38. The van der Waals surface area contributed by atoms with E-state index in [0.29, 0.717) is 6.04 Å². The van der Waals surface area contributed by atoms with E-state index in [1.807, 2.05) is 17.9 Å². The molecule has 2 heterocycles. The summed E-state index contributed by atoms with van der Waals surface area (Å²) in [4.78, 5) is 2.72. The molecule has 0 bridgehead atoms. The fourth-order valence-electron chi connectivity index (χ4n) is 3.67. The quantitative estimate of drug-likeness (QED) is 0.838. The van der Waals surface area contributed by atoms with Crippen LogP contribution in [0.1, 0.15) is 52.0 Å². The van der Waals surface area contributed by atoms with Crippen molar-refractivity contribution >= 4 is 0 Å². The Labute approximate surface area is 129 Å². The summed E-state index contributed by atoms with van der Waals surface area (Å²) in [7, 11) is 2.00. The molecule has 1 aliphatic heterocycles. The molecule has 0 radical (unpaired) electrons. The summed E-state index contributed by atoms with van der Waals surface area (Å²) in [6, 6.07) is 0.481. The molecule has 4 heteroatoms. The van der Waals surface area contributed by atoms with Crippen LogP contribution in [0.15, 0.2) is 12.4 Å². The highest BCUT2D eigenvalue weighted by atomic mass is 15.2. The van der Waals surface area contributed by atoms with Gasteiger partial charge in [0.25, 0.3) is 0 Å². The predicted molar refractivity (Wildman–Crippen MR) is 88.5 cm³/mol. The molecule has 4 nitrogen and oxygen atoms in total. The number of likely N-dealkylation sites (N-methyl/N-ethyl adjacent to an activating group) is 1. The Morgan fingerprint density at radius 3 is 2.52 bits per heavy atom. The SMILES string of the molecule is CCNC(Cc1cnn(C)c1)C(C)(CC)N1CCCCC1. The third-order valence-electron chi connectivity index (χ3n) is 5.19. The zero-order valence-electron chi connectivity index (χ0n) is 14.2. The molecule has 2 atom stereocenters. The third-order valence-corrected chi connectivity index (χ3v) is 5.19. The number of nitrogens with one attached hydrogen (secondary N) is 1. The third kappa shape index (κ3) is 3.86. The van der Waals surface area contributed by atoms with Crippen LogP contribution < -0.4 is 5.32 Å². The molecule has 2 unspecified atom stereocenters. The van der Waals surface area contributed by atoms with Gasteiger partial charge in [-0.1, -0.05) is 20.3 Å². The lowest BCUT2D eigenvalue weighted by Gasteiger charge is -2.48. The van der Waals surface area contributed by atoms with Gasteiger partial charge in [0.2, 0.25) is 0 Å². The molecular weight excluding hydrogens is 260 g/mol. The second-order valence-corrected chi connectivity index (χ2v) is 6.60. The van der Waals surface area contributed by atoms with Crippen LogP contribution in [-0.2, 0) is 13.5 Å². The minimum absolute atomic E-state index is 0.228. The zero-order valence-corrected chi connectivity index (χ0v) is 14.2. The lowest BCUT2D eigenvalue weighted by molar-refractivity contribution is 0.0434. The minimum atomic E-state index is 0.228. The predicted octanol–water partition coefficient (Wildman–Crippen LogP) is 2.60. The normalized spacial score (nSPS) is 21.1. The summed E-state index contributed by atoms with van der Waals surface area (Å²) in [5.74, 6) is 0. The van der Waals surface area contributed by atoms with Crippen LogP contribution in [-0.4, -0.2) is 45.9 Å². The molecule has 1 aliphatic rings. The molecule has 0 amide bonds. The van der Waals surface area contributed by atoms with Crippen LogP contribution >= 0.6 is 0 Å². The van der Waals surface area contributed by atoms with Crippen LogP contribution in [0.25, 0.3) is 0 Å². The van der Waals surface area contributed by atoms with E-state index in [-0.39, 0.29) is 5.54 Å². The lowest BCUT2D eigenvalue weighted by Crippen LogP contribution is -2.61. The Hall–Kier alpha value is -0.870. The Bertz CT molecular complexity index is 422. The average Bonchev–Trinajstić information content (AvgIpc) is 2.92. The highest BCUT2D eigenvalue weighted by Crippen LogP contribution is 2.29. The van der Waals surface area contributed by atoms with Crippen molar-refractivity contribution in [3.05, 3.63) is 18.0 Å². The molecule has 2 rings (SSSR count). The second-order valence-electron chi connectivity index (χ2n) is 6.60. The number of aromatic nitrogens is 2. The number of piperidine rings is 1. The van der Waals surface area contributed by atoms with Crippen molar-refractivity contribution in [2.75, 3.05) is 19.6 Å². The number of aryl methyl sites for hydroxylation is 1. The summed E-state index contributed by atoms with van der Waals surface area (Å²) >= 11 is 0. The molecule has 0 aromatic carbocycles. The van der Waals surface area contributed by atoms with Crippen molar-refractivity contribution in [3.8, 4) is 0 Å². The largest absolute Gasteiger partial charge is 0.312 e. The molecule has 1 aromatic rings. The molecule has 1 aromatic heterocycles. The first-order chi connectivity index (χ1) is 10.1. The molecule has 0 spiro atoms. The van der Waals surface area contributed by atoms with Gasteiger partial charge < -0.3 is 5.32 Å². The van der Waals surface area contributed by atoms with Gasteiger partial charge >= 0.3 is 0 Å². The van der Waals surface area contributed by atoms with Gasteiger partial charge in [0.15, 0.2) is 0 Å².